The number of rotatable bonds is 0. The molecule has 0 radical (unpaired) electrons. The van der Waals surface area contributed by atoms with E-state index in [0.29, 0.717) is 11.6 Å². The highest BCUT2D eigenvalue weighted by Crippen LogP contribution is 1.95. The van der Waals surface area contributed by atoms with Gasteiger partial charge in [0.05, 0.1) is 5.69 Å². The van der Waals surface area contributed by atoms with Gasteiger partial charge in [0, 0.05) is 6.92 Å². The Bertz CT molecular complexity index is 175. The minimum Gasteiger partial charge on any atom is -0.449 e. The van der Waals surface area contributed by atoms with Crippen molar-refractivity contribution in [2.24, 2.45) is 0 Å². The van der Waals surface area contributed by atoms with Gasteiger partial charge in [-0.25, -0.2) is 4.98 Å². The van der Waals surface area contributed by atoms with E-state index in [1.165, 1.54) is 0 Å². The molecule has 0 aliphatic heterocycles. The summed E-state index contributed by atoms with van der Waals surface area (Å²) in [6.45, 7) is 3.48. The highest BCUT2D eigenvalue weighted by atomic mass is 16.3. The zero-order valence-corrected chi connectivity index (χ0v) is 4.36. The molecule has 1 aromatic heterocycles. The van der Waals surface area contributed by atoms with E-state index < -0.39 is 0 Å². The van der Waals surface area contributed by atoms with Gasteiger partial charge in [0.15, 0.2) is 5.89 Å². The second kappa shape index (κ2) is 1.37. The van der Waals surface area contributed by atoms with E-state index in [1.54, 1.807) is 13.8 Å². The molecule has 0 spiro atoms. The van der Waals surface area contributed by atoms with Crippen LogP contribution in [0.15, 0.2) is 10.7 Å². The Morgan fingerprint density at radius 2 is 2.57 bits per heavy atom. The Morgan fingerprint density at radius 1 is 1.86 bits per heavy atom. The van der Waals surface area contributed by atoms with Crippen LogP contribution >= 0.6 is 0 Å². The molecular formula is C5H7NO. The molecule has 0 amide bonds. The van der Waals surface area contributed by atoms with Gasteiger partial charge in [-0.05, 0) is 6.92 Å². The fourth-order valence-electron chi connectivity index (χ4n) is 0.430. The predicted octanol–water partition coefficient (Wildman–Crippen LogP) is 1.29. The molecule has 0 unspecified atom stereocenters. The molecular weight excluding hydrogens is 90.1 g/mol. The van der Waals surface area contributed by atoms with Crippen LogP contribution in [-0.2, 0) is 0 Å². The first-order valence-electron chi connectivity index (χ1n) is 2.61. The Balaban J connectivity index is 3.14. The Hall–Kier alpha value is -0.790. The Labute approximate surface area is 43.6 Å². The monoisotopic (exact) mass is 98.1 g/mol. The molecule has 0 saturated heterocycles. The summed E-state index contributed by atoms with van der Waals surface area (Å²) in [5.74, 6) is 0.563. The second-order valence-electron chi connectivity index (χ2n) is 1.42. The van der Waals surface area contributed by atoms with E-state index in [0.717, 1.165) is 0 Å². The average Bonchev–Trinajstić information content (AvgIpc) is 1.85. The summed E-state index contributed by atoms with van der Waals surface area (Å²) in [6, 6.07) is 0. The summed E-state index contributed by atoms with van der Waals surface area (Å²) >= 11 is 0. The third-order valence-corrected chi connectivity index (χ3v) is 0.672. The fraction of sp³-hybridized carbons (Fsp3) is 0.400. The number of aryl methyl sites for hydroxylation is 2. The van der Waals surface area contributed by atoms with Crippen LogP contribution in [0.3, 0.4) is 0 Å². The van der Waals surface area contributed by atoms with Crippen molar-refractivity contribution < 1.29 is 5.79 Å². The first-order chi connectivity index (χ1) is 3.70. The summed E-state index contributed by atoms with van der Waals surface area (Å²) in [4.78, 5) is 3.86. The number of aromatic nitrogens is 1. The van der Waals surface area contributed by atoms with E-state index in [1.807, 2.05) is 0 Å². The van der Waals surface area contributed by atoms with Crippen molar-refractivity contribution in [2.45, 2.75) is 13.8 Å². The maximum absolute atomic E-state index is 7.01. The largest absolute Gasteiger partial charge is 0.449 e. The molecule has 0 aliphatic rings. The Morgan fingerprint density at radius 3 is 2.71 bits per heavy atom. The minimum absolute atomic E-state index is 0.169. The maximum atomic E-state index is 7.01. The third kappa shape index (κ3) is 0.796. The molecule has 7 heavy (non-hydrogen) atoms. The highest BCUT2D eigenvalue weighted by molar-refractivity contribution is 4.89. The number of hydrogen-bond acceptors (Lipinski definition) is 2. The molecule has 0 N–H and O–H groups in total. The van der Waals surface area contributed by atoms with Crippen LogP contribution in [0.2, 0.25) is 0 Å². The van der Waals surface area contributed by atoms with Gasteiger partial charge in [-0.2, -0.15) is 0 Å². The molecule has 38 valence electrons. The molecule has 0 atom stereocenters. The van der Waals surface area contributed by atoms with Crippen LogP contribution in [0, 0.1) is 13.8 Å². The molecule has 0 aliphatic carbocycles. The second-order valence-corrected chi connectivity index (χ2v) is 1.42. The lowest BCUT2D eigenvalue weighted by Gasteiger charge is -1.68. The van der Waals surface area contributed by atoms with E-state index >= 15 is 0 Å². The van der Waals surface area contributed by atoms with Crippen LogP contribution in [-0.4, -0.2) is 4.98 Å². The molecule has 0 aromatic carbocycles. The van der Waals surface area contributed by atoms with Crippen molar-refractivity contribution in [3.8, 4) is 0 Å². The highest BCUT2D eigenvalue weighted by Gasteiger charge is 1.87. The maximum Gasteiger partial charge on any atom is 0.191 e. The van der Waals surface area contributed by atoms with Gasteiger partial charge in [-0.15, -0.1) is 0 Å². The van der Waals surface area contributed by atoms with Crippen molar-refractivity contribution in [1.82, 2.24) is 4.98 Å². The van der Waals surface area contributed by atoms with Gasteiger partial charge >= 0.3 is 0 Å². The fourth-order valence-corrected chi connectivity index (χ4v) is 0.430. The SMILES string of the molecule is [2H]c1oc(C)nc1C. The summed E-state index contributed by atoms with van der Waals surface area (Å²) < 4.78 is 11.8. The first kappa shape index (κ1) is 3.24. The van der Waals surface area contributed by atoms with E-state index in [2.05, 4.69) is 4.98 Å². The Kier molecular flexibility index (Phi) is 0.635. The van der Waals surface area contributed by atoms with Crippen LogP contribution in [0.1, 0.15) is 13.0 Å². The molecule has 0 saturated carbocycles. The van der Waals surface area contributed by atoms with Crippen molar-refractivity contribution in [3.05, 3.63) is 17.8 Å². The van der Waals surface area contributed by atoms with Crippen molar-refractivity contribution in [1.29, 1.82) is 0 Å². The first-order valence-corrected chi connectivity index (χ1v) is 2.11. The summed E-state index contributed by atoms with van der Waals surface area (Å²) in [5, 5.41) is 0. The smallest absolute Gasteiger partial charge is 0.191 e. The summed E-state index contributed by atoms with van der Waals surface area (Å²) in [6.07, 6.45) is 0.169. The zero-order chi connectivity index (χ0) is 6.15. The predicted molar refractivity (Wildman–Crippen MR) is 26.0 cm³/mol. The van der Waals surface area contributed by atoms with Crippen LogP contribution < -0.4 is 0 Å². The number of oxazole rings is 1. The molecule has 0 fully saturated rings. The van der Waals surface area contributed by atoms with E-state index in [-0.39, 0.29) is 6.24 Å². The lowest BCUT2D eigenvalue weighted by Crippen LogP contribution is -1.67. The van der Waals surface area contributed by atoms with Gasteiger partial charge < -0.3 is 4.42 Å². The third-order valence-electron chi connectivity index (χ3n) is 0.672. The zero-order valence-electron chi connectivity index (χ0n) is 5.36. The van der Waals surface area contributed by atoms with Crippen LogP contribution in [0.25, 0.3) is 0 Å². The van der Waals surface area contributed by atoms with Crippen molar-refractivity contribution in [2.75, 3.05) is 0 Å². The number of nitrogens with zero attached hydrogens (tertiary/aromatic N) is 1. The molecule has 1 aromatic rings. The normalized spacial score (nSPS) is 11.4. The quantitative estimate of drug-likeness (QED) is 0.488. The van der Waals surface area contributed by atoms with Gasteiger partial charge in [-0.3, -0.25) is 0 Å². The van der Waals surface area contributed by atoms with Gasteiger partial charge in [0.25, 0.3) is 0 Å². The molecule has 1 heterocycles. The molecule has 0 bridgehead atoms. The number of hydrogen-bond donors (Lipinski definition) is 0. The van der Waals surface area contributed by atoms with Crippen LogP contribution in [0.4, 0.5) is 0 Å². The topological polar surface area (TPSA) is 26.0 Å². The van der Waals surface area contributed by atoms with Gasteiger partial charge in [-0.1, -0.05) is 0 Å². The van der Waals surface area contributed by atoms with E-state index in [9.17, 15) is 0 Å². The minimum atomic E-state index is 0.169. The summed E-state index contributed by atoms with van der Waals surface area (Å²) in [5.41, 5.74) is 0.655. The lowest BCUT2D eigenvalue weighted by atomic mass is 10.6. The van der Waals surface area contributed by atoms with Crippen LogP contribution in [0.5, 0.6) is 0 Å². The van der Waals surface area contributed by atoms with E-state index in [4.69, 9.17) is 5.79 Å². The van der Waals surface area contributed by atoms with Crippen molar-refractivity contribution >= 4 is 0 Å². The standard InChI is InChI=1S/C5H7NO/c1-4-3-7-5(2)6-4/h3H,1-2H3/i3D. The van der Waals surface area contributed by atoms with Gasteiger partial charge in [0.2, 0.25) is 0 Å². The molecule has 1 rings (SSSR count). The van der Waals surface area contributed by atoms with Crippen molar-refractivity contribution in [3.63, 3.8) is 0 Å². The average molecular weight is 98.1 g/mol. The van der Waals surface area contributed by atoms with Gasteiger partial charge in [0.1, 0.15) is 7.61 Å². The molecule has 2 heteroatoms. The molecule has 2 nitrogen and oxygen atoms in total. The lowest BCUT2D eigenvalue weighted by molar-refractivity contribution is 0.521. The summed E-state index contributed by atoms with van der Waals surface area (Å²) in [7, 11) is 0.